The number of rotatable bonds is 9. The Morgan fingerprint density at radius 2 is 1.73 bits per heavy atom. The van der Waals surface area contributed by atoms with E-state index in [4.69, 9.17) is 21.1 Å². The molecule has 1 rings (SSSR count). The molecule has 1 amide bonds. The first-order chi connectivity index (χ1) is 12.4. The average molecular weight is 401 g/mol. The summed E-state index contributed by atoms with van der Waals surface area (Å²) < 4.78 is 9.81. The topological polar surface area (TPSA) is 93.7 Å². The monoisotopic (exact) mass is 400 g/mol. The molecule has 0 aliphatic carbocycles. The van der Waals surface area contributed by atoms with Crippen LogP contribution in [0.15, 0.2) is 34.9 Å². The van der Waals surface area contributed by atoms with Crippen molar-refractivity contribution in [1.29, 1.82) is 0 Å². The van der Waals surface area contributed by atoms with Gasteiger partial charge in [-0.15, -0.1) is 0 Å². The number of hydrogen-bond donors (Lipinski definition) is 2. The molecule has 26 heavy (non-hydrogen) atoms. The van der Waals surface area contributed by atoms with Gasteiger partial charge in [-0.2, -0.15) is 0 Å². The van der Waals surface area contributed by atoms with Crippen LogP contribution in [0.5, 0.6) is 0 Å². The maximum atomic E-state index is 12.1. The van der Waals surface area contributed by atoms with E-state index in [0.717, 1.165) is 11.8 Å². The van der Waals surface area contributed by atoms with E-state index in [9.17, 15) is 14.4 Å². The zero-order chi connectivity index (χ0) is 19.5. The van der Waals surface area contributed by atoms with E-state index in [1.54, 1.807) is 38.1 Å². The second kappa shape index (κ2) is 11.4. The highest BCUT2D eigenvalue weighted by Crippen LogP contribution is 2.21. The molecule has 0 aliphatic rings. The minimum atomic E-state index is -0.807. The number of ether oxygens (including phenoxy) is 2. The Balaban J connectivity index is 2.87. The molecule has 0 aliphatic heterocycles. The largest absolute Gasteiger partial charge is 0.462 e. The summed E-state index contributed by atoms with van der Waals surface area (Å²) in [5.74, 6) is -1.97. The third-order valence-corrected chi connectivity index (χ3v) is 4.21. The van der Waals surface area contributed by atoms with Crippen LogP contribution in [0.25, 0.3) is 0 Å². The Morgan fingerprint density at radius 1 is 1.12 bits per heavy atom. The predicted octanol–water partition coefficient (Wildman–Crippen LogP) is 2.57. The fourth-order valence-electron chi connectivity index (χ4n) is 1.85. The molecule has 0 spiro atoms. The number of nitrogens with one attached hydrogen (secondary N) is 2. The number of esters is 2. The molecule has 2 N–H and O–H groups in total. The summed E-state index contributed by atoms with van der Waals surface area (Å²) in [6.45, 7) is 3.48. The third-order valence-electron chi connectivity index (χ3n) is 2.87. The zero-order valence-electron chi connectivity index (χ0n) is 14.8. The van der Waals surface area contributed by atoms with Crippen LogP contribution in [-0.2, 0) is 23.9 Å². The molecular formula is C17H21ClN2O5S. The number of anilines is 1. The molecule has 1 aromatic carbocycles. The van der Waals surface area contributed by atoms with E-state index in [1.165, 1.54) is 7.05 Å². The minimum Gasteiger partial charge on any atom is -0.462 e. The van der Waals surface area contributed by atoms with Gasteiger partial charge in [-0.1, -0.05) is 29.4 Å². The molecule has 9 heteroatoms. The van der Waals surface area contributed by atoms with Crippen molar-refractivity contribution >= 4 is 46.9 Å². The van der Waals surface area contributed by atoms with E-state index in [2.05, 4.69) is 10.6 Å². The van der Waals surface area contributed by atoms with Crippen LogP contribution in [-0.4, -0.2) is 43.9 Å². The van der Waals surface area contributed by atoms with Gasteiger partial charge in [-0.25, -0.2) is 9.59 Å². The van der Waals surface area contributed by atoms with Crippen LogP contribution >= 0.6 is 23.4 Å². The maximum Gasteiger partial charge on any atom is 0.348 e. The molecule has 7 nitrogen and oxygen atoms in total. The van der Waals surface area contributed by atoms with E-state index < -0.39 is 11.9 Å². The number of thioether (sulfide) groups is 1. The maximum absolute atomic E-state index is 12.1. The number of hydrogen-bond acceptors (Lipinski definition) is 7. The lowest BCUT2D eigenvalue weighted by molar-refractivity contribution is -0.146. The smallest absolute Gasteiger partial charge is 0.348 e. The molecule has 0 unspecified atom stereocenters. The first kappa shape index (κ1) is 21.9. The summed E-state index contributed by atoms with van der Waals surface area (Å²) in [7, 11) is 1.54. The van der Waals surface area contributed by atoms with Crippen molar-refractivity contribution in [3.05, 3.63) is 39.9 Å². The molecule has 0 bridgehead atoms. The summed E-state index contributed by atoms with van der Waals surface area (Å²) >= 11 is 6.86. The van der Waals surface area contributed by atoms with Gasteiger partial charge in [0.2, 0.25) is 5.91 Å². The number of benzene rings is 1. The van der Waals surface area contributed by atoms with Crippen LogP contribution < -0.4 is 10.6 Å². The summed E-state index contributed by atoms with van der Waals surface area (Å²) in [6, 6.07) is 6.72. The minimum absolute atomic E-state index is 0.0367. The van der Waals surface area contributed by atoms with Gasteiger partial charge in [-0.05, 0) is 32.0 Å². The third kappa shape index (κ3) is 6.97. The van der Waals surface area contributed by atoms with Gasteiger partial charge in [0.05, 0.1) is 24.0 Å². The van der Waals surface area contributed by atoms with Crippen molar-refractivity contribution < 1.29 is 23.9 Å². The zero-order valence-corrected chi connectivity index (χ0v) is 16.3. The van der Waals surface area contributed by atoms with Gasteiger partial charge >= 0.3 is 11.9 Å². The van der Waals surface area contributed by atoms with Crippen molar-refractivity contribution in [2.45, 2.75) is 13.8 Å². The summed E-state index contributed by atoms with van der Waals surface area (Å²) in [4.78, 5) is 36.3. The van der Waals surface area contributed by atoms with E-state index >= 15 is 0 Å². The van der Waals surface area contributed by atoms with Crippen molar-refractivity contribution in [1.82, 2.24) is 5.32 Å². The number of carbonyl (C=O) groups is 3. The Kier molecular flexibility index (Phi) is 9.61. The molecule has 0 fully saturated rings. The fraction of sp³-hybridized carbons (Fsp3) is 0.353. The molecular weight excluding hydrogens is 380 g/mol. The number of halogens is 1. The van der Waals surface area contributed by atoms with Crippen molar-refractivity contribution in [3.8, 4) is 0 Å². The summed E-state index contributed by atoms with van der Waals surface area (Å²) in [6.07, 6.45) is 0. The highest BCUT2D eigenvalue weighted by atomic mass is 35.5. The Morgan fingerprint density at radius 3 is 2.23 bits per heavy atom. The van der Waals surface area contributed by atoms with Crippen LogP contribution in [0.2, 0.25) is 5.02 Å². The fourth-order valence-corrected chi connectivity index (χ4v) is 2.84. The Bertz CT molecular complexity index is 673. The first-order valence-corrected chi connectivity index (χ1v) is 9.23. The molecule has 142 valence electrons. The van der Waals surface area contributed by atoms with Crippen molar-refractivity contribution in [3.63, 3.8) is 0 Å². The second-order valence-corrected chi connectivity index (χ2v) is 6.16. The average Bonchev–Trinajstić information content (AvgIpc) is 2.58. The summed E-state index contributed by atoms with van der Waals surface area (Å²) in [5, 5.41) is 6.13. The van der Waals surface area contributed by atoms with Gasteiger partial charge in [-0.3, -0.25) is 4.79 Å². The lowest BCUT2D eigenvalue weighted by atomic mass is 10.3. The van der Waals surface area contributed by atoms with E-state index in [0.29, 0.717) is 10.7 Å². The molecule has 0 saturated heterocycles. The Hall–Kier alpha value is -2.19. The quantitative estimate of drug-likeness (QED) is 0.285. The standard InChI is InChI=1S/C17H21ClN2O5S/c1-4-24-16(22)14(17(23)25-5-2)15(19-3)26-10-13(21)20-12-8-6-7-11(18)9-12/h6-9,19H,4-5,10H2,1-3H3,(H,20,21). The summed E-state index contributed by atoms with van der Waals surface area (Å²) in [5.41, 5.74) is 0.283. The van der Waals surface area contributed by atoms with Crippen LogP contribution in [0.1, 0.15) is 13.8 Å². The van der Waals surface area contributed by atoms with Crippen LogP contribution in [0.3, 0.4) is 0 Å². The molecule has 0 radical (unpaired) electrons. The normalized spacial score (nSPS) is 9.85. The lowest BCUT2D eigenvalue weighted by Crippen LogP contribution is -2.24. The highest BCUT2D eigenvalue weighted by Gasteiger charge is 2.26. The second-order valence-electron chi connectivity index (χ2n) is 4.74. The van der Waals surface area contributed by atoms with Crippen molar-refractivity contribution in [2.75, 3.05) is 31.3 Å². The van der Waals surface area contributed by atoms with E-state index in [1.807, 2.05) is 0 Å². The first-order valence-electron chi connectivity index (χ1n) is 7.87. The van der Waals surface area contributed by atoms with Crippen LogP contribution in [0, 0.1) is 0 Å². The highest BCUT2D eigenvalue weighted by molar-refractivity contribution is 8.03. The molecule has 0 atom stereocenters. The van der Waals surface area contributed by atoms with Crippen molar-refractivity contribution in [2.24, 2.45) is 0 Å². The van der Waals surface area contributed by atoms with Crippen LogP contribution in [0.4, 0.5) is 5.69 Å². The number of carbonyl (C=O) groups excluding carboxylic acids is 3. The molecule has 0 heterocycles. The van der Waals surface area contributed by atoms with E-state index in [-0.39, 0.29) is 35.5 Å². The van der Waals surface area contributed by atoms with Gasteiger partial charge in [0.25, 0.3) is 0 Å². The van der Waals surface area contributed by atoms with Gasteiger partial charge in [0, 0.05) is 17.8 Å². The predicted molar refractivity (Wildman–Crippen MR) is 102 cm³/mol. The van der Waals surface area contributed by atoms with Gasteiger partial charge < -0.3 is 20.1 Å². The van der Waals surface area contributed by atoms with Gasteiger partial charge in [0.1, 0.15) is 0 Å². The molecule has 1 aromatic rings. The van der Waals surface area contributed by atoms with Gasteiger partial charge in [0.15, 0.2) is 5.57 Å². The molecule has 0 aromatic heterocycles. The number of amides is 1. The molecule has 0 saturated carbocycles. The Labute approximate surface area is 161 Å². The SMILES string of the molecule is CCOC(=O)C(C(=O)OCC)=C(NC)SCC(=O)Nc1cccc(Cl)c1. The lowest BCUT2D eigenvalue weighted by Gasteiger charge is -2.13.